The molecule has 5 heteroatoms. The molecule has 0 aliphatic heterocycles. The van der Waals surface area contributed by atoms with Gasteiger partial charge in [0.15, 0.2) is 0 Å². The van der Waals surface area contributed by atoms with Gasteiger partial charge in [-0.1, -0.05) is 0 Å². The first-order valence-electron chi connectivity index (χ1n) is 3.86. The Hall–Kier alpha value is -1.75. The zero-order valence-corrected chi connectivity index (χ0v) is 7.86. The smallest absolute Gasteiger partial charge is 0.335 e. The molecule has 2 aromatic rings. The lowest BCUT2D eigenvalue weighted by atomic mass is 10.2. The van der Waals surface area contributed by atoms with Crippen molar-refractivity contribution < 1.29 is 9.90 Å². The molecule has 0 saturated heterocycles. The SMILES string of the molecule is O=C(O)c1ccnc(-c2nccs2)c1. The summed E-state index contributed by atoms with van der Waals surface area (Å²) in [5, 5.41) is 11.3. The van der Waals surface area contributed by atoms with Crippen LogP contribution in [0.2, 0.25) is 0 Å². The molecule has 0 saturated carbocycles. The van der Waals surface area contributed by atoms with E-state index < -0.39 is 5.97 Å². The number of hydrogen-bond donors (Lipinski definition) is 1. The number of rotatable bonds is 2. The fraction of sp³-hybridized carbons (Fsp3) is 0. The predicted molar refractivity (Wildman–Crippen MR) is 52.3 cm³/mol. The highest BCUT2D eigenvalue weighted by atomic mass is 32.1. The first-order chi connectivity index (χ1) is 6.77. The second kappa shape index (κ2) is 3.55. The summed E-state index contributed by atoms with van der Waals surface area (Å²) in [6.07, 6.45) is 3.13. The van der Waals surface area contributed by atoms with Crippen molar-refractivity contribution in [1.29, 1.82) is 0 Å². The number of aromatic carboxylic acids is 1. The lowest BCUT2D eigenvalue weighted by Gasteiger charge is -1.96. The van der Waals surface area contributed by atoms with Crippen molar-refractivity contribution in [2.45, 2.75) is 0 Å². The van der Waals surface area contributed by atoms with Gasteiger partial charge in [-0.25, -0.2) is 9.78 Å². The Labute approximate surface area is 83.9 Å². The molecule has 1 N–H and O–H groups in total. The molecule has 0 aliphatic rings. The van der Waals surface area contributed by atoms with Gasteiger partial charge in [-0.05, 0) is 12.1 Å². The number of carbonyl (C=O) groups is 1. The van der Waals surface area contributed by atoms with E-state index in [2.05, 4.69) is 9.97 Å². The monoisotopic (exact) mass is 206 g/mol. The number of hydrogen-bond acceptors (Lipinski definition) is 4. The van der Waals surface area contributed by atoms with Gasteiger partial charge < -0.3 is 5.11 Å². The van der Waals surface area contributed by atoms with E-state index in [0.29, 0.717) is 5.69 Å². The summed E-state index contributed by atoms with van der Waals surface area (Å²) in [6, 6.07) is 2.97. The molecule has 0 aromatic carbocycles. The van der Waals surface area contributed by atoms with Crippen LogP contribution in [0.4, 0.5) is 0 Å². The Bertz CT molecular complexity index is 454. The van der Waals surface area contributed by atoms with Crippen molar-refractivity contribution >= 4 is 17.3 Å². The largest absolute Gasteiger partial charge is 0.478 e. The summed E-state index contributed by atoms with van der Waals surface area (Å²) in [5.74, 6) is -0.954. The van der Waals surface area contributed by atoms with Crippen molar-refractivity contribution in [3.63, 3.8) is 0 Å². The normalized spacial score (nSPS) is 10.0. The zero-order chi connectivity index (χ0) is 9.97. The maximum Gasteiger partial charge on any atom is 0.335 e. The maximum atomic E-state index is 10.7. The molecule has 0 fully saturated rings. The van der Waals surface area contributed by atoms with Crippen LogP contribution in [0.3, 0.4) is 0 Å². The minimum Gasteiger partial charge on any atom is -0.478 e. The number of thiazole rings is 1. The molecule has 14 heavy (non-hydrogen) atoms. The first kappa shape index (κ1) is 8.83. The number of nitrogens with zero attached hydrogens (tertiary/aromatic N) is 2. The van der Waals surface area contributed by atoms with Gasteiger partial charge >= 0.3 is 5.97 Å². The van der Waals surface area contributed by atoms with E-state index in [-0.39, 0.29) is 5.56 Å². The molecular formula is C9H6N2O2S. The summed E-state index contributed by atoms with van der Waals surface area (Å²) in [6.45, 7) is 0. The van der Waals surface area contributed by atoms with Crippen molar-refractivity contribution in [1.82, 2.24) is 9.97 Å². The summed E-state index contributed by atoms with van der Waals surface area (Å²) in [4.78, 5) is 18.8. The fourth-order valence-corrected chi connectivity index (χ4v) is 1.64. The topological polar surface area (TPSA) is 63.1 Å². The standard InChI is InChI=1S/C9H6N2O2S/c12-9(13)6-1-2-10-7(5-6)8-11-3-4-14-8/h1-5H,(H,12,13). The minimum atomic E-state index is -0.954. The third-order valence-corrected chi connectivity index (χ3v) is 2.45. The Morgan fingerprint density at radius 1 is 1.36 bits per heavy atom. The van der Waals surface area contributed by atoms with Gasteiger partial charge in [-0.2, -0.15) is 0 Å². The van der Waals surface area contributed by atoms with E-state index in [4.69, 9.17) is 5.11 Å². The maximum absolute atomic E-state index is 10.7. The molecule has 2 aromatic heterocycles. The fourth-order valence-electron chi connectivity index (χ4n) is 1.03. The number of carboxylic acids is 1. The van der Waals surface area contributed by atoms with E-state index in [1.54, 1.807) is 6.20 Å². The quantitative estimate of drug-likeness (QED) is 0.815. The van der Waals surface area contributed by atoms with Crippen molar-refractivity contribution in [3.8, 4) is 10.7 Å². The van der Waals surface area contributed by atoms with Crippen molar-refractivity contribution in [3.05, 3.63) is 35.5 Å². The van der Waals surface area contributed by atoms with Crippen LogP contribution in [0.5, 0.6) is 0 Å². The number of carboxylic acid groups (broad SMARTS) is 1. The van der Waals surface area contributed by atoms with Crippen LogP contribution in [0.25, 0.3) is 10.7 Å². The van der Waals surface area contributed by atoms with Crippen LogP contribution in [0.15, 0.2) is 29.9 Å². The van der Waals surface area contributed by atoms with Gasteiger partial charge in [-0.3, -0.25) is 4.98 Å². The van der Waals surface area contributed by atoms with Gasteiger partial charge in [0.05, 0.1) is 11.3 Å². The predicted octanol–water partition coefficient (Wildman–Crippen LogP) is 1.90. The van der Waals surface area contributed by atoms with Gasteiger partial charge in [0, 0.05) is 17.8 Å². The summed E-state index contributed by atoms with van der Waals surface area (Å²) in [5.41, 5.74) is 0.824. The van der Waals surface area contributed by atoms with Crippen LogP contribution < -0.4 is 0 Å². The molecule has 0 atom stereocenters. The van der Waals surface area contributed by atoms with Crippen LogP contribution in [-0.4, -0.2) is 21.0 Å². The third-order valence-electron chi connectivity index (χ3n) is 1.66. The lowest BCUT2D eigenvalue weighted by molar-refractivity contribution is 0.0697. The molecular weight excluding hydrogens is 200 g/mol. The minimum absolute atomic E-state index is 0.227. The Balaban J connectivity index is 2.46. The van der Waals surface area contributed by atoms with Crippen LogP contribution in [0.1, 0.15) is 10.4 Å². The van der Waals surface area contributed by atoms with Gasteiger partial charge in [0.1, 0.15) is 5.01 Å². The van der Waals surface area contributed by atoms with Gasteiger partial charge in [0.25, 0.3) is 0 Å². The van der Waals surface area contributed by atoms with E-state index in [9.17, 15) is 4.79 Å². The Morgan fingerprint density at radius 3 is 2.86 bits per heavy atom. The molecule has 0 aliphatic carbocycles. The highest BCUT2D eigenvalue weighted by molar-refractivity contribution is 7.13. The molecule has 4 nitrogen and oxygen atoms in total. The lowest BCUT2D eigenvalue weighted by Crippen LogP contribution is -1.96. The van der Waals surface area contributed by atoms with E-state index in [1.807, 2.05) is 5.38 Å². The second-order valence-electron chi connectivity index (χ2n) is 2.57. The summed E-state index contributed by atoms with van der Waals surface area (Å²) in [7, 11) is 0. The van der Waals surface area contributed by atoms with Crippen molar-refractivity contribution in [2.75, 3.05) is 0 Å². The van der Waals surface area contributed by atoms with E-state index in [1.165, 1.54) is 29.7 Å². The highest BCUT2D eigenvalue weighted by Gasteiger charge is 2.06. The third kappa shape index (κ3) is 1.62. The molecule has 0 spiro atoms. The van der Waals surface area contributed by atoms with Gasteiger partial charge in [-0.15, -0.1) is 11.3 Å². The second-order valence-corrected chi connectivity index (χ2v) is 3.47. The molecule has 2 heterocycles. The molecule has 0 unspecified atom stereocenters. The Morgan fingerprint density at radius 2 is 2.21 bits per heavy atom. The summed E-state index contributed by atoms with van der Waals surface area (Å²) >= 11 is 1.43. The Kier molecular flexibility index (Phi) is 2.24. The van der Waals surface area contributed by atoms with Crippen molar-refractivity contribution in [2.24, 2.45) is 0 Å². The van der Waals surface area contributed by atoms with Crippen LogP contribution in [0, 0.1) is 0 Å². The van der Waals surface area contributed by atoms with Crippen LogP contribution in [-0.2, 0) is 0 Å². The van der Waals surface area contributed by atoms with E-state index in [0.717, 1.165) is 5.01 Å². The number of aromatic nitrogens is 2. The average molecular weight is 206 g/mol. The summed E-state index contributed by atoms with van der Waals surface area (Å²) < 4.78 is 0. The first-order valence-corrected chi connectivity index (χ1v) is 4.74. The average Bonchev–Trinajstić information content (AvgIpc) is 2.71. The molecule has 2 rings (SSSR count). The molecule has 0 bridgehead atoms. The zero-order valence-electron chi connectivity index (χ0n) is 7.04. The highest BCUT2D eigenvalue weighted by Crippen LogP contribution is 2.19. The molecule has 70 valence electrons. The number of pyridine rings is 1. The van der Waals surface area contributed by atoms with Gasteiger partial charge in [0.2, 0.25) is 0 Å². The van der Waals surface area contributed by atoms with E-state index >= 15 is 0 Å². The molecule has 0 radical (unpaired) electrons. The van der Waals surface area contributed by atoms with Crippen LogP contribution >= 0.6 is 11.3 Å². The molecule has 0 amide bonds.